The Hall–Kier alpha value is -0.380. The van der Waals surface area contributed by atoms with Crippen LogP contribution >= 0.6 is 0 Å². The Kier molecular flexibility index (Phi) is 2.03. The summed E-state index contributed by atoms with van der Waals surface area (Å²) < 4.78 is 0. The summed E-state index contributed by atoms with van der Waals surface area (Å²) in [6, 6.07) is 0. The van der Waals surface area contributed by atoms with Crippen molar-refractivity contribution in [3.63, 3.8) is 0 Å². The Morgan fingerprint density at radius 2 is 2.17 bits per heavy atom. The first kappa shape index (κ1) is 11.4. The summed E-state index contributed by atoms with van der Waals surface area (Å²) in [7, 11) is 0. The van der Waals surface area contributed by atoms with Crippen LogP contribution in [-0.4, -0.2) is 17.5 Å². The molecule has 3 aliphatic carbocycles. The predicted molar refractivity (Wildman–Crippen MR) is 66.3 cm³/mol. The first-order valence-corrected chi connectivity index (χ1v) is 7.17. The van der Waals surface area contributed by atoms with Gasteiger partial charge in [-0.2, -0.15) is 4.89 Å². The van der Waals surface area contributed by atoms with E-state index >= 15 is 0 Å². The number of hydrogen-bond donors (Lipinski definition) is 1. The highest BCUT2D eigenvalue weighted by Crippen LogP contribution is 2.72. The molecule has 0 aromatic carbocycles. The molecular formula is C15H22O3. The van der Waals surface area contributed by atoms with Crippen LogP contribution in [0, 0.1) is 29.1 Å². The van der Waals surface area contributed by atoms with Crippen molar-refractivity contribution in [3.05, 3.63) is 11.1 Å². The van der Waals surface area contributed by atoms with Crippen molar-refractivity contribution in [2.45, 2.75) is 45.8 Å². The van der Waals surface area contributed by atoms with Gasteiger partial charge in [0.05, 0.1) is 0 Å². The molecule has 1 N–H and O–H groups in total. The number of rotatable bonds is 0. The first-order chi connectivity index (χ1) is 8.45. The third-order valence-corrected chi connectivity index (χ3v) is 6.22. The van der Waals surface area contributed by atoms with Crippen molar-refractivity contribution in [2.75, 3.05) is 6.61 Å². The molecule has 18 heavy (non-hydrogen) atoms. The lowest BCUT2D eigenvalue weighted by Crippen LogP contribution is -2.50. The Balaban J connectivity index is 1.73. The van der Waals surface area contributed by atoms with E-state index in [0.717, 1.165) is 35.7 Å². The zero-order valence-electron chi connectivity index (χ0n) is 11.4. The normalized spacial score (nSPS) is 58.0. The van der Waals surface area contributed by atoms with Crippen molar-refractivity contribution in [3.8, 4) is 0 Å². The summed E-state index contributed by atoms with van der Waals surface area (Å²) >= 11 is 0. The molecule has 4 rings (SSSR count). The van der Waals surface area contributed by atoms with Crippen LogP contribution in [0.1, 0.15) is 40.0 Å². The quantitative estimate of drug-likeness (QED) is 0.530. The molecule has 6 atom stereocenters. The van der Waals surface area contributed by atoms with Crippen molar-refractivity contribution in [2.24, 2.45) is 29.1 Å². The third-order valence-electron chi connectivity index (χ3n) is 6.22. The Morgan fingerprint density at radius 3 is 2.94 bits per heavy atom. The van der Waals surface area contributed by atoms with Crippen LogP contribution < -0.4 is 0 Å². The van der Waals surface area contributed by atoms with Crippen LogP contribution in [0.5, 0.6) is 0 Å². The van der Waals surface area contributed by atoms with E-state index in [1.54, 1.807) is 0 Å². The molecule has 0 radical (unpaired) electrons. The second-order valence-corrected chi connectivity index (χ2v) is 7.33. The van der Waals surface area contributed by atoms with E-state index in [9.17, 15) is 5.11 Å². The van der Waals surface area contributed by atoms with Crippen LogP contribution in [0.4, 0.5) is 0 Å². The van der Waals surface area contributed by atoms with Gasteiger partial charge in [0.25, 0.3) is 0 Å². The lowest BCUT2D eigenvalue weighted by atomic mass is 9.62. The average Bonchev–Trinajstić information content (AvgIpc) is 2.77. The standard InChI is InChI=1S/C15H22O3/c1-8-6-17-18-15(16)7-14(3)5-10-9(2)13(10)12(14)4-11(8)15/h9-10,12-13,16H,4-7H2,1-3H3/t9-,10-,12-,13?,14+,15-/m0/s1. The van der Waals surface area contributed by atoms with E-state index in [-0.39, 0.29) is 5.41 Å². The summed E-state index contributed by atoms with van der Waals surface area (Å²) in [6.45, 7) is 7.29. The fourth-order valence-electron chi connectivity index (χ4n) is 5.23. The summed E-state index contributed by atoms with van der Waals surface area (Å²) in [5.74, 6) is 2.28. The van der Waals surface area contributed by atoms with Gasteiger partial charge in [-0.25, -0.2) is 4.89 Å². The molecule has 3 fully saturated rings. The average molecular weight is 250 g/mol. The van der Waals surface area contributed by atoms with Gasteiger partial charge in [0, 0.05) is 6.42 Å². The van der Waals surface area contributed by atoms with E-state index in [1.165, 1.54) is 12.0 Å². The Labute approximate surface area is 108 Å². The lowest BCUT2D eigenvalue weighted by molar-refractivity contribution is -0.422. The number of aliphatic hydroxyl groups is 1. The second-order valence-electron chi connectivity index (χ2n) is 7.33. The second kappa shape index (κ2) is 3.20. The topological polar surface area (TPSA) is 38.7 Å². The van der Waals surface area contributed by atoms with Crippen LogP contribution in [0.3, 0.4) is 0 Å². The summed E-state index contributed by atoms with van der Waals surface area (Å²) in [5, 5.41) is 10.7. The molecule has 0 bridgehead atoms. The van der Waals surface area contributed by atoms with Gasteiger partial charge in [-0.15, -0.1) is 0 Å². The fraction of sp³-hybridized carbons (Fsp3) is 0.867. The van der Waals surface area contributed by atoms with Crippen LogP contribution in [0.2, 0.25) is 0 Å². The molecule has 1 aliphatic heterocycles. The largest absolute Gasteiger partial charge is 0.360 e. The van der Waals surface area contributed by atoms with E-state index in [1.807, 2.05) is 0 Å². The lowest BCUT2D eigenvalue weighted by Gasteiger charge is -2.49. The smallest absolute Gasteiger partial charge is 0.222 e. The number of fused-ring (bicyclic) bond motifs is 4. The van der Waals surface area contributed by atoms with E-state index < -0.39 is 5.79 Å². The number of hydrogen-bond acceptors (Lipinski definition) is 3. The minimum atomic E-state index is -1.15. The minimum absolute atomic E-state index is 0.237. The van der Waals surface area contributed by atoms with Crippen molar-refractivity contribution >= 4 is 0 Å². The van der Waals surface area contributed by atoms with Crippen molar-refractivity contribution < 1.29 is 14.9 Å². The van der Waals surface area contributed by atoms with Crippen LogP contribution in [0.15, 0.2) is 11.1 Å². The molecule has 0 spiro atoms. The Bertz CT molecular complexity index is 443. The molecule has 3 saturated carbocycles. The predicted octanol–water partition coefficient (Wildman–Crippen LogP) is 2.66. The molecule has 3 nitrogen and oxygen atoms in total. The maximum absolute atomic E-state index is 10.7. The van der Waals surface area contributed by atoms with Gasteiger partial charge in [-0.05, 0) is 60.0 Å². The van der Waals surface area contributed by atoms with Crippen molar-refractivity contribution in [1.29, 1.82) is 0 Å². The molecule has 0 amide bonds. The van der Waals surface area contributed by atoms with Crippen LogP contribution in [-0.2, 0) is 9.78 Å². The third kappa shape index (κ3) is 1.25. The highest BCUT2D eigenvalue weighted by Gasteiger charge is 2.67. The summed E-state index contributed by atoms with van der Waals surface area (Å²) in [4.78, 5) is 10.4. The van der Waals surface area contributed by atoms with Gasteiger partial charge >= 0.3 is 0 Å². The summed E-state index contributed by atoms with van der Waals surface area (Å²) in [5.41, 5.74) is 2.51. The van der Waals surface area contributed by atoms with Gasteiger partial charge in [-0.3, -0.25) is 0 Å². The zero-order chi connectivity index (χ0) is 12.7. The van der Waals surface area contributed by atoms with Gasteiger partial charge in [-0.1, -0.05) is 13.8 Å². The molecule has 0 saturated heterocycles. The highest BCUT2D eigenvalue weighted by atomic mass is 17.2. The molecule has 100 valence electrons. The molecule has 4 aliphatic rings. The molecule has 3 heteroatoms. The maximum Gasteiger partial charge on any atom is 0.222 e. The van der Waals surface area contributed by atoms with Crippen LogP contribution in [0.25, 0.3) is 0 Å². The highest BCUT2D eigenvalue weighted by molar-refractivity contribution is 5.30. The minimum Gasteiger partial charge on any atom is -0.360 e. The van der Waals surface area contributed by atoms with Gasteiger partial charge < -0.3 is 5.11 Å². The van der Waals surface area contributed by atoms with Gasteiger partial charge in [0.15, 0.2) is 0 Å². The van der Waals surface area contributed by atoms with Gasteiger partial charge in [0.2, 0.25) is 5.79 Å². The van der Waals surface area contributed by atoms with E-state index in [2.05, 4.69) is 20.8 Å². The SMILES string of the molecule is CC1=C2C[C@H]3C4[C@@H](C)[C@@H]4C[C@]3(C)C[C@]2(O)OOC1. The monoisotopic (exact) mass is 250 g/mol. The maximum atomic E-state index is 10.7. The molecular weight excluding hydrogens is 228 g/mol. The molecule has 0 aromatic heterocycles. The van der Waals surface area contributed by atoms with Crippen molar-refractivity contribution in [1.82, 2.24) is 0 Å². The van der Waals surface area contributed by atoms with Gasteiger partial charge in [0.1, 0.15) is 6.61 Å². The molecule has 0 aromatic rings. The Morgan fingerprint density at radius 1 is 1.39 bits per heavy atom. The van der Waals surface area contributed by atoms with E-state index in [0.29, 0.717) is 13.0 Å². The van der Waals surface area contributed by atoms with E-state index in [4.69, 9.17) is 9.78 Å². The summed E-state index contributed by atoms with van der Waals surface area (Å²) in [6.07, 6.45) is 2.96. The fourth-order valence-corrected chi connectivity index (χ4v) is 5.23. The molecule has 1 unspecified atom stereocenters. The zero-order valence-corrected chi connectivity index (χ0v) is 11.4. The molecule has 1 heterocycles. The first-order valence-electron chi connectivity index (χ1n) is 7.17.